The van der Waals surface area contributed by atoms with Crippen LogP contribution in [0.5, 0.6) is 0 Å². The van der Waals surface area contributed by atoms with Crippen LogP contribution in [-0.4, -0.2) is 13.0 Å². The quantitative estimate of drug-likeness (QED) is 0.896. The minimum Gasteiger partial charge on any atom is -0.322 e. The molecule has 3 nitrogen and oxygen atoms in total. The Hall–Kier alpha value is -1.72. The normalized spacial score (nSPS) is 10.3. The van der Waals surface area contributed by atoms with Crippen molar-refractivity contribution in [2.24, 2.45) is 0 Å². The first-order valence-corrected chi connectivity index (χ1v) is 6.89. The van der Waals surface area contributed by atoms with Crippen LogP contribution in [0.15, 0.2) is 46.9 Å². The second-order valence-corrected chi connectivity index (χ2v) is 5.17. The maximum Gasteiger partial charge on any atom is 0.255 e. The molecular formula is C15H14BrFN2O. The molecule has 0 spiro atoms. The molecule has 5 heteroatoms. The van der Waals surface area contributed by atoms with Crippen molar-refractivity contribution in [1.29, 1.82) is 0 Å². The molecule has 0 unspecified atom stereocenters. The molecule has 2 aromatic rings. The highest BCUT2D eigenvalue weighted by Gasteiger charge is 2.09. The highest BCUT2D eigenvalue weighted by atomic mass is 79.9. The van der Waals surface area contributed by atoms with Gasteiger partial charge < -0.3 is 10.6 Å². The van der Waals surface area contributed by atoms with Gasteiger partial charge >= 0.3 is 0 Å². The third kappa shape index (κ3) is 3.65. The predicted molar refractivity (Wildman–Crippen MR) is 81.3 cm³/mol. The lowest BCUT2D eigenvalue weighted by Crippen LogP contribution is -2.13. The van der Waals surface area contributed by atoms with Gasteiger partial charge in [0.2, 0.25) is 0 Å². The van der Waals surface area contributed by atoms with Crippen molar-refractivity contribution in [3.8, 4) is 0 Å². The van der Waals surface area contributed by atoms with Crippen LogP contribution >= 0.6 is 15.9 Å². The van der Waals surface area contributed by atoms with Crippen molar-refractivity contribution in [3.63, 3.8) is 0 Å². The van der Waals surface area contributed by atoms with Crippen LogP contribution in [0, 0.1) is 5.82 Å². The smallest absolute Gasteiger partial charge is 0.255 e. The van der Waals surface area contributed by atoms with E-state index in [1.54, 1.807) is 12.1 Å². The van der Waals surface area contributed by atoms with E-state index in [0.29, 0.717) is 10.2 Å². The van der Waals surface area contributed by atoms with Crippen molar-refractivity contribution < 1.29 is 9.18 Å². The molecular weight excluding hydrogens is 323 g/mol. The third-order valence-electron chi connectivity index (χ3n) is 2.75. The van der Waals surface area contributed by atoms with Crippen LogP contribution in [0.1, 0.15) is 15.9 Å². The van der Waals surface area contributed by atoms with E-state index in [4.69, 9.17) is 0 Å². The van der Waals surface area contributed by atoms with E-state index in [1.807, 2.05) is 25.2 Å². The topological polar surface area (TPSA) is 41.1 Å². The van der Waals surface area contributed by atoms with Gasteiger partial charge in [-0.05, 0) is 58.9 Å². The summed E-state index contributed by atoms with van der Waals surface area (Å²) < 4.78 is 13.7. The number of nitrogens with one attached hydrogen (secondary N) is 2. The van der Waals surface area contributed by atoms with E-state index in [9.17, 15) is 9.18 Å². The van der Waals surface area contributed by atoms with Crippen molar-refractivity contribution in [1.82, 2.24) is 5.32 Å². The fourth-order valence-electron chi connectivity index (χ4n) is 1.80. The fourth-order valence-corrected chi connectivity index (χ4v) is 2.05. The molecule has 104 valence electrons. The van der Waals surface area contributed by atoms with Crippen molar-refractivity contribution >= 4 is 27.5 Å². The molecule has 0 aliphatic carbocycles. The molecule has 20 heavy (non-hydrogen) atoms. The van der Waals surface area contributed by atoms with Crippen molar-refractivity contribution in [2.45, 2.75) is 6.54 Å². The largest absolute Gasteiger partial charge is 0.322 e. The molecule has 0 radical (unpaired) electrons. The zero-order valence-electron chi connectivity index (χ0n) is 10.9. The van der Waals surface area contributed by atoms with Crippen molar-refractivity contribution in [2.75, 3.05) is 12.4 Å². The first-order valence-electron chi connectivity index (χ1n) is 6.10. The number of hydrogen-bond donors (Lipinski definition) is 2. The van der Waals surface area contributed by atoms with Gasteiger partial charge in [-0.15, -0.1) is 0 Å². The Morgan fingerprint density at radius 1 is 1.25 bits per heavy atom. The number of amides is 1. The summed E-state index contributed by atoms with van der Waals surface area (Å²) in [6, 6.07) is 11.8. The Labute approximate surface area is 125 Å². The molecule has 0 aromatic heterocycles. The van der Waals surface area contributed by atoms with Gasteiger partial charge in [0.25, 0.3) is 5.91 Å². The van der Waals surface area contributed by atoms with Gasteiger partial charge in [0, 0.05) is 17.8 Å². The van der Waals surface area contributed by atoms with Crippen LogP contribution in [0.25, 0.3) is 0 Å². The molecule has 0 saturated carbocycles. The number of halogens is 2. The molecule has 1 amide bonds. The third-order valence-corrected chi connectivity index (χ3v) is 3.39. The van der Waals surface area contributed by atoms with E-state index >= 15 is 0 Å². The van der Waals surface area contributed by atoms with E-state index in [-0.39, 0.29) is 11.5 Å². The second kappa shape index (κ2) is 6.63. The average Bonchev–Trinajstić information content (AvgIpc) is 2.42. The molecule has 2 aromatic carbocycles. The second-order valence-electron chi connectivity index (χ2n) is 4.31. The fraction of sp³-hybridized carbons (Fsp3) is 0.133. The first kappa shape index (κ1) is 14.7. The van der Waals surface area contributed by atoms with E-state index in [0.717, 1.165) is 12.1 Å². The lowest BCUT2D eigenvalue weighted by Gasteiger charge is -2.08. The Kier molecular flexibility index (Phi) is 4.87. The van der Waals surface area contributed by atoms with Gasteiger partial charge in [0.15, 0.2) is 0 Å². The number of benzene rings is 2. The van der Waals surface area contributed by atoms with Crippen LogP contribution in [-0.2, 0) is 6.54 Å². The predicted octanol–water partition coefficient (Wildman–Crippen LogP) is 3.56. The van der Waals surface area contributed by atoms with Gasteiger partial charge in [-0.1, -0.05) is 12.1 Å². The SMILES string of the molecule is CNCc1cccc(NC(=O)c2ccc(Br)c(F)c2)c1. The molecule has 0 bridgehead atoms. The number of rotatable bonds is 4. The number of carbonyl (C=O) groups excluding carboxylic acids is 1. The first-order chi connectivity index (χ1) is 9.60. The van der Waals surface area contributed by atoms with E-state index in [1.165, 1.54) is 12.1 Å². The van der Waals surface area contributed by atoms with Gasteiger partial charge in [0.05, 0.1) is 4.47 Å². The van der Waals surface area contributed by atoms with Crippen molar-refractivity contribution in [3.05, 3.63) is 63.9 Å². The highest BCUT2D eigenvalue weighted by molar-refractivity contribution is 9.10. The van der Waals surface area contributed by atoms with Gasteiger partial charge in [-0.2, -0.15) is 0 Å². The van der Waals surface area contributed by atoms with Gasteiger partial charge in [-0.25, -0.2) is 4.39 Å². The summed E-state index contributed by atoms with van der Waals surface area (Å²) in [5.74, 6) is -0.792. The molecule has 2 rings (SSSR count). The molecule has 2 N–H and O–H groups in total. The monoisotopic (exact) mass is 336 g/mol. The van der Waals surface area contributed by atoms with E-state index in [2.05, 4.69) is 26.6 Å². The molecule has 0 heterocycles. The minimum atomic E-state index is -0.457. The maximum atomic E-state index is 13.4. The number of anilines is 1. The van der Waals surface area contributed by atoms with Crippen LogP contribution in [0.3, 0.4) is 0 Å². The van der Waals surface area contributed by atoms with Crippen LogP contribution in [0.4, 0.5) is 10.1 Å². The highest BCUT2D eigenvalue weighted by Crippen LogP contribution is 2.18. The minimum absolute atomic E-state index is 0.282. The van der Waals surface area contributed by atoms with E-state index < -0.39 is 5.82 Å². The van der Waals surface area contributed by atoms with Crippen LogP contribution in [0.2, 0.25) is 0 Å². The summed E-state index contributed by atoms with van der Waals surface area (Å²) >= 11 is 3.06. The Balaban J connectivity index is 2.14. The molecule has 0 aliphatic heterocycles. The number of carbonyl (C=O) groups is 1. The lowest BCUT2D eigenvalue weighted by atomic mass is 10.1. The zero-order valence-corrected chi connectivity index (χ0v) is 12.5. The Morgan fingerprint density at radius 3 is 2.75 bits per heavy atom. The molecule has 0 aliphatic rings. The standard InChI is InChI=1S/C15H14BrFN2O/c1-18-9-10-3-2-4-12(7-10)19-15(20)11-5-6-13(16)14(17)8-11/h2-8,18H,9H2,1H3,(H,19,20). The molecule has 0 atom stereocenters. The molecule has 0 fully saturated rings. The summed E-state index contributed by atoms with van der Waals surface area (Å²) in [6.45, 7) is 0.719. The average molecular weight is 337 g/mol. The zero-order chi connectivity index (χ0) is 14.5. The summed E-state index contributed by atoms with van der Waals surface area (Å²) in [5, 5.41) is 5.80. The van der Waals surface area contributed by atoms with Gasteiger partial charge in [-0.3, -0.25) is 4.79 Å². The Morgan fingerprint density at radius 2 is 2.05 bits per heavy atom. The number of hydrogen-bond acceptors (Lipinski definition) is 2. The molecule has 0 saturated heterocycles. The maximum absolute atomic E-state index is 13.4. The summed E-state index contributed by atoms with van der Waals surface area (Å²) in [7, 11) is 1.86. The summed E-state index contributed by atoms with van der Waals surface area (Å²) in [4.78, 5) is 12.0. The Bertz CT molecular complexity index is 631. The van der Waals surface area contributed by atoms with Crippen LogP contribution < -0.4 is 10.6 Å². The summed E-state index contributed by atoms with van der Waals surface area (Å²) in [6.07, 6.45) is 0. The summed E-state index contributed by atoms with van der Waals surface area (Å²) in [5.41, 5.74) is 2.03. The lowest BCUT2D eigenvalue weighted by molar-refractivity contribution is 0.102. The van der Waals surface area contributed by atoms with Gasteiger partial charge in [0.1, 0.15) is 5.82 Å².